The number of nitrogens with one attached hydrogen (secondary N) is 1. The van der Waals surface area contributed by atoms with Crippen LogP contribution in [0.2, 0.25) is 0 Å². The predicted molar refractivity (Wildman–Crippen MR) is 142 cm³/mol. The van der Waals surface area contributed by atoms with Gasteiger partial charge in [-0.15, -0.1) is 11.6 Å². The Morgan fingerprint density at radius 3 is 2.16 bits per heavy atom. The van der Waals surface area contributed by atoms with E-state index in [-0.39, 0.29) is 28.1 Å². The molecule has 2 unspecified atom stereocenters. The molecule has 12 N–H and O–H groups in total. The molecule has 0 aromatic rings. The number of likely N-dealkylation sites (tertiary alicyclic amines) is 1. The summed E-state index contributed by atoms with van der Waals surface area (Å²) in [6.45, 7) is 9.47. The molecule has 194 valence electrons. The molecule has 0 radical (unpaired) electrons. The Kier molecular flexibility index (Phi) is 20.7. The Morgan fingerprint density at radius 1 is 1.00 bits per heavy atom. The Hall–Kier alpha value is -0.160. The summed E-state index contributed by atoms with van der Waals surface area (Å²) in [6, 6.07) is 0.585. The molecular formula is C23H50ClN3O4S. The van der Waals surface area contributed by atoms with E-state index in [1.54, 1.807) is 11.1 Å². The molecule has 3 aliphatic rings. The molecule has 7 nitrogen and oxygen atoms in total. The molecule has 1 fully saturated rings. The Morgan fingerprint density at radius 2 is 1.66 bits per heavy atom. The monoisotopic (exact) mass is 499 g/mol. The van der Waals surface area contributed by atoms with Gasteiger partial charge >= 0.3 is 0 Å². The van der Waals surface area contributed by atoms with Crippen LogP contribution in [0.4, 0.5) is 0 Å². The number of rotatable bonds is 7. The SMILES string of the molecule is CC(C)[C@H](CN1CCC(C2=CCC(Cl)CC2)CC1)NCC1=CCC(S)CC1.N.O.O.O.O. The highest BCUT2D eigenvalue weighted by atomic mass is 35.5. The minimum atomic E-state index is 0. The molecule has 9 heteroatoms. The third-order valence-corrected chi connectivity index (χ3v) is 7.69. The molecule has 3 atom stereocenters. The number of piperidine rings is 1. The number of nitrogens with zero attached hydrogens (tertiary/aromatic N) is 1. The molecule has 0 saturated carbocycles. The highest BCUT2D eigenvalue weighted by Gasteiger charge is 2.26. The van der Waals surface area contributed by atoms with Crippen molar-refractivity contribution in [1.82, 2.24) is 16.4 Å². The van der Waals surface area contributed by atoms with Crippen LogP contribution in [0.5, 0.6) is 0 Å². The maximum Gasteiger partial charge on any atom is 0.0373 e. The lowest BCUT2D eigenvalue weighted by atomic mass is 9.83. The lowest BCUT2D eigenvalue weighted by Crippen LogP contribution is -2.47. The summed E-state index contributed by atoms with van der Waals surface area (Å²) in [5.74, 6) is 1.49. The van der Waals surface area contributed by atoms with Gasteiger partial charge < -0.3 is 38.3 Å². The maximum absolute atomic E-state index is 6.26. The van der Waals surface area contributed by atoms with E-state index < -0.39 is 0 Å². The van der Waals surface area contributed by atoms with Crippen LogP contribution in [0.1, 0.15) is 65.2 Å². The van der Waals surface area contributed by atoms with Crippen LogP contribution in [0.15, 0.2) is 23.3 Å². The molecule has 32 heavy (non-hydrogen) atoms. The van der Waals surface area contributed by atoms with Crippen molar-refractivity contribution in [3.63, 3.8) is 0 Å². The van der Waals surface area contributed by atoms with E-state index in [0.29, 0.717) is 22.6 Å². The van der Waals surface area contributed by atoms with Gasteiger partial charge in [-0.1, -0.05) is 37.1 Å². The van der Waals surface area contributed by atoms with E-state index in [1.165, 1.54) is 58.2 Å². The molecule has 3 rings (SSSR count). The second kappa shape index (κ2) is 18.2. The summed E-state index contributed by atoms with van der Waals surface area (Å²) in [4.78, 5) is 2.70. The molecule has 1 heterocycles. The van der Waals surface area contributed by atoms with Gasteiger partial charge in [0.2, 0.25) is 0 Å². The van der Waals surface area contributed by atoms with Crippen LogP contribution >= 0.6 is 24.2 Å². The zero-order valence-electron chi connectivity index (χ0n) is 20.0. The number of allylic oxidation sites excluding steroid dienone is 3. The standard InChI is InChI=1S/C23H39ClN2S.H3N.4H2O/c1-17(2)23(25-15-18-3-9-22(27)10-4-18)16-26-13-11-20(12-14-26)19-5-7-21(24)8-6-19;;;;;/h3,5,17,20-23,25,27H,4,6-16H2,1-2H3;1H3;4*1H2/t21?,22?,23-;;;;;/m0...../s1. The van der Waals surface area contributed by atoms with Crippen LogP contribution in [0, 0.1) is 11.8 Å². The van der Waals surface area contributed by atoms with E-state index in [0.717, 1.165) is 25.3 Å². The van der Waals surface area contributed by atoms with Crippen molar-refractivity contribution in [3.05, 3.63) is 23.3 Å². The maximum atomic E-state index is 6.26. The quantitative estimate of drug-likeness (QED) is 0.277. The Bertz CT molecular complexity index is 543. The largest absolute Gasteiger partial charge is 0.412 e. The van der Waals surface area contributed by atoms with Crippen LogP contribution in [-0.2, 0) is 0 Å². The van der Waals surface area contributed by atoms with Crippen molar-refractivity contribution >= 4 is 24.2 Å². The summed E-state index contributed by atoms with van der Waals surface area (Å²) in [7, 11) is 0. The molecular weight excluding hydrogens is 450 g/mol. The highest BCUT2D eigenvalue weighted by Crippen LogP contribution is 2.33. The van der Waals surface area contributed by atoms with Crippen molar-refractivity contribution in [1.29, 1.82) is 0 Å². The van der Waals surface area contributed by atoms with Gasteiger partial charge in [0, 0.05) is 29.8 Å². The minimum Gasteiger partial charge on any atom is -0.412 e. The first-order chi connectivity index (χ1) is 13.0. The first-order valence-electron chi connectivity index (χ1n) is 11.2. The number of hydrogen-bond acceptors (Lipinski definition) is 4. The van der Waals surface area contributed by atoms with E-state index in [4.69, 9.17) is 11.6 Å². The third-order valence-electron chi connectivity index (χ3n) is 6.82. The summed E-state index contributed by atoms with van der Waals surface area (Å²) in [5, 5.41) is 4.82. The van der Waals surface area contributed by atoms with E-state index >= 15 is 0 Å². The molecule has 2 aliphatic carbocycles. The molecule has 0 spiro atoms. The number of alkyl halides is 1. The van der Waals surface area contributed by atoms with Crippen LogP contribution in [0.25, 0.3) is 0 Å². The number of hydrogen-bond donors (Lipinski definition) is 3. The number of halogens is 1. The normalized spacial score (nSPS) is 24.9. The minimum absolute atomic E-state index is 0. The Balaban J connectivity index is -0.00000168. The second-order valence-corrected chi connectivity index (χ2v) is 10.6. The van der Waals surface area contributed by atoms with Crippen LogP contribution in [-0.4, -0.2) is 69.7 Å². The number of thiol groups is 1. The van der Waals surface area contributed by atoms with E-state index in [9.17, 15) is 0 Å². The average molecular weight is 500 g/mol. The van der Waals surface area contributed by atoms with Gasteiger partial charge in [-0.2, -0.15) is 12.6 Å². The third kappa shape index (κ3) is 11.3. The summed E-state index contributed by atoms with van der Waals surface area (Å²) >= 11 is 10.9. The van der Waals surface area contributed by atoms with Gasteiger partial charge in [0.05, 0.1) is 0 Å². The first kappa shape index (κ1) is 36.4. The lowest BCUT2D eigenvalue weighted by molar-refractivity contribution is 0.166. The van der Waals surface area contributed by atoms with E-state index in [2.05, 4.69) is 48.8 Å². The van der Waals surface area contributed by atoms with Gasteiger partial charge in [0.15, 0.2) is 0 Å². The fourth-order valence-corrected chi connectivity index (χ4v) is 5.20. The van der Waals surface area contributed by atoms with Crippen molar-refractivity contribution in [2.75, 3.05) is 26.2 Å². The highest BCUT2D eigenvalue weighted by molar-refractivity contribution is 7.80. The predicted octanol–water partition coefficient (Wildman–Crippen LogP) is 2.30. The first-order valence-corrected chi connectivity index (χ1v) is 12.1. The smallest absolute Gasteiger partial charge is 0.0373 e. The van der Waals surface area contributed by atoms with Crippen molar-refractivity contribution in [3.8, 4) is 0 Å². The molecule has 1 saturated heterocycles. The molecule has 1 aliphatic heterocycles. The zero-order valence-corrected chi connectivity index (χ0v) is 21.7. The fraction of sp³-hybridized carbons (Fsp3) is 0.826. The van der Waals surface area contributed by atoms with E-state index in [1.807, 2.05) is 0 Å². The van der Waals surface area contributed by atoms with Crippen molar-refractivity contribution < 1.29 is 21.9 Å². The summed E-state index contributed by atoms with van der Waals surface area (Å²) in [5.41, 5.74) is 3.29. The molecule has 0 aromatic carbocycles. The zero-order chi connectivity index (χ0) is 19.2. The van der Waals surface area contributed by atoms with Gasteiger partial charge in [-0.05, 0) is 76.3 Å². The molecule has 0 amide bonds. The van der Waals surface area contributed by atoms with Gasteiger partial charge in [0.25, 0.3) is 0 Å². The molecule has 0 aromatic heterocycles. The van der Waals surface area contributed by atoms with Gasteiger partial charge in [-0.3, -0.25) is 0 Å². The van der Waals surface area contributed by atoms with Crippen LogP contribution < -0.4 is 11.5 Å². The lowest BCUT2D eigenvalue weighted by Gasteiger charge is -2.37. The average Bonchev–Trinajstić information content (AvgIpc) is 2.67. The Labute approximate surface area is 205 Å². The topological polar surface area (TPSA) is 176 Å². The van der Waals surface area contributed by atoms with Gasteiger partial charge in [0.1, 0.15) is 0 Å². The van der Waals surface area contributed by atoms with Crippen molar-refractivity contribution in [2.45, 2.75) is 81.9 Å². The summed E-state index contributed by atoms with van der Waals surface area (Å²) in [6.07, 6.45) is 14.6. The fourth-order valence-electron chi connectivity index (χ4n) is 4.77. The van der Waals surface area contributed by atoms with Crippen LogP contribution in [0.3, 0.4) is 0 Å². The van der Waals surface area contributed by atoms with Crippen molar-refractivity contribution in [2.24, 2.45) is 11.8 Å². The summed E-state index contributed by atoms with van der Waals surface area (Å²) < 4.78 is 0. The second-order valence-electron chi connectivity index (χ2n) is 9.25. The van der Waals surface area contributed by atoms with Gasteiger partial charge in [-0.25, -0.2) is 0 Å². The molecule has 0 bridgehead atoms.